The molecule has 1 atom stereocenters. The van der Waals surface area contributed by atoms with Crippen LogP contribution in [0.1, 0.15) is 49.4 Å². The van der Waals surface area contributed by atoms with Gasteiger partial charge in [-0.15, -0.1) is 0 Å². The van der Waals surface area contributed by atoms with E-state index in [1.54, 1.807) is 13.2 Å². The number of carbonyl (C=O) groups excluding carboxylic acids is 2. The summed E-state index contributed by atoms with van der Waals surface area (Å²) in [7, 11) is 3.48. The number of aryl methyl sites for hydroxylation is 1. The van der Waals surface area contributed by atoms with Crippen LogP contribution in [-0.4, -0.2) is 53.1 Å². The van der Waals surface area contributed by atoms with E-state index in [2.05, 4.69) is 0 Å². The van der Waals surface area contributed by atoms with Crippen LogP contribution in [-0.2, 0) is 21.4 Å². The number of nitrogens with zero attached hydrogens (tertiary/aromatic N) is 2. The van der Waals surface area contributed by atoms with Gasteiger partial charge in [0.1, 0.15) is 11.5 Å². The lowest BCUT2D eigenvalue weighted by atomic mass is 9.93. The van der Waals surface area contributed by atoms with E-state index < -0.39 is 17.7 Å². The molecular weight excluding hydrogens is 444 g/mol. The van der Waals surface area contributed by atoms with Gasteiger partial charge in [-0.05, 0) is 42.7 Å². The van der Waals surface area contributed by atoms with Crippen LogP contribution in [0.5, 0.6) is 5.75 Å². The lowest BCUT2D eigenvalue weighted by molar-refractivity contribution is -0.140. The van der Waals surface area contributed by atoms with Gasteiger partial charge in [0.15, 0.2) is 0 Å². The fourth-order valence-electron chi connectivity index (χ4n) is 4.80. The third kappa shape index (κ3) is 4.32. The monoisotopic (exact) mass is 476 g/mol. The van der Waals surface area contributed by atoms with Crippen molar-refractivity contribution in [3.05, 3.63) is 70.9 Å². The van der Waals surface area contributed by atoms with Gasteiger partial charge in [-0.1, -0.05) is 32.0 Å². The second-order valence-electron chi connectivity index (χ2n) is 9.04. The van der Waals surface area contributed by atoms with Crippen molar-refractivity contribution in [1.82, 2.24) is 9.47 Å². The van der Waals surface area contributed by atoms with Gasteiger partial charge in [-0.25, -0.2) is 0 Å². The minimum absolute atomic E-state index is 0.0846. The van der Waals surface area contributed by atoms with Gasteiger partial charge in [0.2, 0.25) is 0 Å². The first-order valence-electron chi connectivity index (χ1n) is 11.9. The molecule has 1 amide bonds. The van der Waals surface area contributed by atoms with E-state index in [9.17, 15) is 14.7 Å². The van der Waals surface area contributed by atoms with E-state index >= 15 is 0 Å². The van der Waals surface area contributed by atoms with Crippen molar-refractivity contribution >= 4 is 28.4 Å². The van der Waals surface area contributed by atoms with Gasteiger partial charge in [-0.3, -0.25) is 9.59 Å². The number of ether oxygens (including phenoxy) is 2. The smallest absolute Gasteiger partial charge is 0.295 e. The number of aliphatic hydroxyl groups is 1. The van der Waals surface area contributed by atoms with Crippen LogP contribution >= 0.6 is 0 Å². The van der Waals surface area contributed by atoms with Crippen LogP contribution in [0.25, 0.3) is 16.7 Å². The van der Waals surface area contributed by atoms with Crippen molar-refractivity contribution < 1.29 is 24.2 Å². The van der Waals surface area contributed by atoms with Crippen molar-refractivity contribution in [2.24, 2.45) is 7.05 Å². The number of hydrogen-bond acceptors (Lipinski definition) is 5. The number of methoxy groups -OCH3 is 1. The SMILES string of the molecule is CCOc1ccc(/C(O)=C2\C(=O)C(=O)N(CCOC)C2c2cn(C)c3ccccc23)cc1C(C)C. The number of benzene rings is 2. The van der Waals surface area contributed by atoms with Gasteiger partial charge < -0.3 is 24.0 Å². The first-order valence-corrected chi connectivity index (χ1v) is 11.9. The number of hydrogen-bond donors (Lipinski definition) is 1. The van der Waals surface area contributed by atoms with Crippen LogP contribution in [0.2, 0.25) is 0 Å². The van der Waals surface area contributed by atoms with Gasteiger partial charge in [0.05, 0.1) is 24.8 Å². The highest BCUT2D eigenvalue weighted by molar-refractivity contribution is 6.46. The first kappa shape index (κ1) is 24.5. The predicted molar refractivity (Wildman–Crippen MR) is 136 cm³/mol. The summed E-state index contributed by atoms with van der Waals surface area (Å²) in [6.45, 7) is 7.03. The molecule has 0 saturated carbocycles. The van der Waals surface area contributed by atoms with Crippen LogP contribution in [0.3, 0.4) is 0 Å². The average Bonchev–Trinajstić information content (AvgIpc) is 3.31. The van der Waals surface area contributed by atoms with E-state index in [4.69, 9.17) is 9.47 Å². The van der Waals surface area contributed by atoms with Crippen molar-refractivity contribution in [3.63, 3.8) is 0 Å². The van der Waals surface area contributed by atoms with Gasteiger partial charge in [0, 0.05) is 48.9 Å². The van der Waals surface area contributed by atoms with E-state index in [-0.39, 0.29) is 30.4 Å². The number of para-hydroxylation sites is 1. The molecule has 1 aromatic heterocycles. The number of ketones is 1. The molecule has 2 aromatic carbocycles. The number of amides is 1. The summed E-state index contributed by atoms with van der Waals surface area (Å²) in [6, 6.07) is 12.5. The molecule has 0 spiro atoms. The quantitative estimate of drug-likeness (QED) is 0.288. The van der Waals surface area contributed by atoms with Gasteiger partial charge in [0.25, 0.3) is 11.7 Å². The summed E-state index contributed by atoms with van der Waals surface area (Å²) >= 11 is 0. The number of aromatic nitrogens is 1. The summed E-state index contributed by atoms with van der Waals surface area (Å²) in [4.78, 5) is 28.0. The molecule has 0 radical (unpaired) electrons. The molecule has 0 bridgehead atoms. The minimum atomic E-state index is -0.731. The standard InChI is InChI=1S/C28H32N2O5/c1-6-35-23-12-11-18(15-20(23)17(2)3)26(31)24-25(30(13-14-34-5)28(33)27(24)32)21-16-29(4)22-10-8-7-9-19(21)22/h7-12,15-17,25,31H,6,13-14H2,1-5H3/b26-24+. The maximum atomic E-state index is 13.3. The largest absolute Gasteiger partial charge is 0.507 e. The number of fused-ring (bicyclic) bond motifs is 1. The Kier molecular flexibility index (Phi) is 6.98. The van der Waals surface area contributed by atoms with Gasteiger partial charge in [-0.2, -0.15) is 0 Å². The van der Waals surface area contributed by atoms with Gasteiger partial charge >= 0.3 is 0 Å². The molecule has 1 fully saturated rings. The van der Waals surface area contributed by atoms with E-state index in [0.717, 1.165) is 27.8 Å². The zero-order chi connectivity index (χ0) is 25.3. The Morgan fingerprint density at radius 3 is 2.57 bits per heavy atom. The highest BCUT2D eigenvalue weighted by Crippen LogP contribution is 2.43. The van der Waals surface area contributed by atoms with Crippen molar-refractivity contribution in [2.45, 2.75) is 32.7 Å². The predicted octanol–water partition coefficient (Wildman–Crippen LogP) is 4.77. The Hall–Kier alpha value is -3.58. The first-order chi connectivity index (χ1) is 16.8. The maximum Gasteiger partial charge on any atom is 0.295 e. The summed E-state index contributed by atoms with van der Waals surface area (Å²) < 4.78 is 12.9. The summed E-state index contributed by atoms with van der Waals surface area (Å²) in [5.74, 6) is -0.647. The molecule has 1 saturated heterocycles. The van der Waals surface area contributed by atoms with Crippen LogP contribution in [0, 0.1) is 0 Å². The number of likely N-dealkylation sites (tertiary alicyclic amines) is 1. The number of aliphatic hydroxyl groups excluding tert-OH is 1. The molecule has 3 aromatic rings. The maximum absolute atomic E-state index is 13.3. The molecule has 7 heteroatoms. The highest BCUT2D eigenvalue weighted by atomic mass is 16.5. The van der Waals surface area contributed by atoms with E-state index in [1.165, 1.54) is 4.90 Å². The molecule has 1 aliphatic heterocycles. The molecule has 1 unspecified atom stereocenters. The van der Waals surface area contributed by atoms with Crippen LogP contribution in [0.15, 0.2) is 54.2 Å². The minimum Gasteiger partial charge on any atom is -0.507 e. The molecule has 1 N–H and O–H groups in total. The second kappa shape index (κ2) is 9.96. The Labute approximate surface area is 205 Å². The average molecular weight is 477 g/mol. The molecule has 1 aliphatic rings. The highest BCUT2D eigenvalue weighted by Gasteiger charge is 2.46. The lowest BCUT2D eigenvalue weighted by Gasteiger charge is -2.24. The summed E-state index contributed by atoms with van der Waals surface area (Å²) in [5.41, 5.74) is 3.25. The molecule has 35 heavy (non-hydrogen) atoms. The Morgan fingerprint density at radius 2 is 1.89 bits per heavy atom. The third-order valence-electron chi connectivity index (χ3n) is 6.50. The van der Waals surface area contributed by atoms with Crippen molar-refractivity contribution in [2.75, 3.05) is 26.9 Å². The van der Waals surface area contributed by atoms with E-state index in [0.29, 0.717) is 12.2 Å². The molecule has 4 rings (SSSR count). The van der Waals surface area contributed by atoms with E-state index in [1.807, 2.05) is 75.0 Å². The molecule has 2 heterocycles. The summed E-state index contributed by atoms with van der Waals surface area (Å²) in [5, 5.41) is 12.4. The van der Waals surface area contributed by atoms with Crippen LogP contribution < -0.4 is 4.74 Å². The fourth-order valence-corrected chi connectivity index (χ4v) is 4.80. The zero-order valence-electron chi connectivity index (χ0n) is 20.9. The molecule has 184 valence electrons. The number of rotatable bonds is 8. The van der Waals surface area contributed by atoms with Crippen LogP contribution in [0.4, 0.5) is 0 Å². The molecule has 7 nitrogen and oxygen atoms in total. The Morgan fingerprint density at radius 1 is 1.14 bits per heavy atom. The van der Waals surface area contributed by atoms with Crippen molar-refractivity contribution in [1.29, 1.82) is 0 Å². The number of Topliss-reactive ketones (excluding diaryl/α,β-unsaturated/α-hetero) is 1. The summed E-state index contributed by atoms with van der Waals surface area (Å²) in [6.07, 6.45) is 1.92. The van der Waals surface area contributed by atoms with Crippen molar-refractivity contribution in [3.8, 4) is 5.75 Å². The zero-order valence-corrected chi connectivity index (χ0v) is 20.9. The normalized spacial score (nSPS) is 17.7. The second-order valence-corrected chi connectivity index (χ2v) is 9.04. The molecule has 0 aliphatic carbocycles. The fraction of sp³-hybridized carbons (Fsp3) is 0.357. The lowest BCUT2D eigenvalue weighted by Crippen LogP contribution is -2.32. The Balaban J connectivity index is 1.93. The Bertz CT molecular complexity index is 1300. The number of carbonyl (C=O) groups is 2. The third-order valence-corrected chi connectivity index (χ3v) is 6.50. The topological polar surface area (TPSA) is 81.0 Å². The molecular formula is C28H32N2O5.